The van der Waals surface area contributed by atoms with Gasteiger partial charge in [0, 0.05) is 5.88 Å². The number of aliphatic hydroxyl groups is 2. The molecule has 0 heterocycles. The maximum absolute atomic E-state index is 11.9. The highest BCUT2D eigenvalue weighted by Gasteiger charge is 2.21. The van der Waals surface area contributed by atoms with Crippen LogP contribution in [0.4, 0.5) is 0 Å². The molecule has 0 amide bonds. The number of alkyl halides is 1. The summed E-state index contributed by atoms with van der Waals surface area (Å²) in [4.78, 5) is 11.9. The molecule has 2 N–H and O–H groups in total. The van der Waals surface area contributed by atoms with Gasteiger partial charge in [-0.15, -0.1) is 11.6 Å². The van der Waals surface area contributed by atoms with Gasteiger partial charge in [-0.3, -0.25) is 0 Å². The molecule has 1 aromatic rings. The summed E-state index contributed by atoms with van der Waals surface area (Å²) in [6.45, 7) is 5.36. The Labute approximate surface area is 124 Å². The molecule has 112 valence electrons. The molecule has 0 saturated carbocycles. The lowest BCUT2D eigenvalue weighted by Gasteiger charge is -2.21. The third kappa shape index (κ3) is 5.12. The van der Waals surface area contributed by atoms with Crippen LogP contribution in [0.2, 0.25) is 0 Å². The van der Waals surface area contributed by atoms with Crippen LogP contribution in [-0.4, -0.2) is 33.8 Å². The first-order chi connectivity index (χ1) is 9.24. The van der Waals surface area contributed by atoms with Gasteiger partial charge in [0.25, 0.3) is 0 Å². The molecule has 0 fully saturated rings. The van der Waals surface area contributed by atoms with E-state index < -0.39 is 23.8 Å². The van der Waals surface area contributed by atoms with Crippen molar-refractivity contribution in [2.45, 2.75) is 45.0 Å². The van der Waals surface area contributed by atoms with Gasteiger partial charge in [-0.2, -0.15) is 0 Å². The van der Waals surface area contributed by atoms with E-state index in [0.717, 1.165) is 0 Å². The van der Waals surface area contributed by atoms with Crippen molar-refractivity contribution in [3.63, 3.8) is 0 Å². The lowest BCUT2D eigenvalue weighted by atomic mass is 10.0. The van der Waals surface area contributed by atoms with E-state index in [1.165, 1.54) is 6.07 Å². The van der Waals surface area contributed by atoms with Gasteiger partial charge in [-0.05, 0) is 44.9 Å². The predicted molar refractivity (Wildman–Crippen MR) is 77.9 cm³/mol. The van der Waals surface area contributed by atoms with Crippen LogP contribution < -0.4 is 0 Å². The Morgan fingerprint density at radius 3 is 2.55 bits per heavy atom. The molecule has 2 atom stereocenters. The molecule has 0 aliphatic rings. The minimum Gasteiger partial charge on any atom is -0.456 e. The van der Waals surface area contributed by atoms with Crippen molar-refractivity contribution in [2.75, 3.05) is 5.88 Å². The quantitative estimate of drug-likeness (QED) is 0.648. The molecule has 1 rings (SSSR count). The van der Waals surface area contributed by atoms with E-state index in [-0.39, 0.29) is 12.3 Å². The first kappa shape index (κ1) is 17.0. The van der Waals surface area contributed by atoms with Crippen LogP contribution in [0.25, 0.3) is 0 Å². The molecule has 5 heteroatoms. The highest BCUT2D eigenvalue weighted by molar-refractivity contribution is 6.17. The molecule has 2 unspecified atom stereocenters. The van der Waals surface area contributed by atoms with Gasteiger partial charge in [0.15, 0.2) is 0 Å². The molecule has 0 aromatic heterocycles. The normalized spacial score (nSPS) is 14.7. The fraction of sp³-hybridized carbons (Fsp3) is 0.533. The Kier molecular flexibility index (Phi) is 5.99. The number of aliphatic hydroxyl groups excluding tert-OH is 2. The number of benzene rings is 1. The average molecular weight is 301 g/mol. The Balaban J connectivity index is 2.88. The SMILES string of the molecule is CC(C)(C)OC(=O)c1cccc(C(O)C(O)CCCl)c1. The molecule has 0 saturated heterocycles. The third-order valence-corrected chi connectivity index (χ3v) is 2.85. The minimum atomic E-state index is -1.07. The molecular weight excluding hydrogens is 280 g/mol. The fourth-order valence-corrected chi connectivity index (χ4v) is 1.90. The van der Waals surface area contributed by atoms with E-state index >= 15 is 0 Å². The largest absolute Gasteiger partial charge is 0.456 e. The Hall–Kier alpha value is -1.10. The van der Waals surface area contributed by atoms with Gasteiger partial charge >= 0.3 is 5.97 Å². The van der Waals surface area contributed by atoms with E-state index in [9.17, 15) is 15.0 Å². The molecule has 0 radical (unpaired) electrons. The van der Waals surface area contributed by atoms with Gasteiger partial charge in [0.05, 0.1) is 11.7 Å². The lowest BCUT2D eigenvalue weighted by Crippen LogP contribution is -2.24. The summed E-state index contributed by atoms with van der Waals surface area (Å²) in [6.07, 6.45) is -1.75. The second-order valence-electron chi connectivity index (χ2n) is 5.62. The van der Waals surface area contributed by atoms with E-state index in [1.54, 1.807) is 39.0 Å². The molecule has 0 aliphatic carbocycles. The summed E-state index contributed by atoms with van der Waals surface area (Å²) in [5, 5.41) is 19.7. The van der Waals surface area contributed by atoms with E-state index in [0.29, 0.717) is 11.1 Å². The number of ether oxygens (including phenoxy) is 1. The van der Waals surface area contributed by atoms with Crippen molar-refractivity contribution in [2.24, 2.45) is 0 Å². The van der Waals surface area contributed by atoms with Crippen molar-refractivity contribution in [1.29, 1.82) is 0 Å². The van der Waals surface area contributed by atoms with Crippen molar-refractivity contribution in [3.05, 3.63) is 35.4 Å². The van der Waals surface area contributed by atoms with Gasteiger partial charge in [-0.25, -0.2) is 4.79 Å². The highest BCUT2D eigenvalue weighted by Crippen LogP contribution is 2.21. The van der Waals surface area contributed by atoms with E-state index in [1.807, 2.05) is 0 Å². The maximum Gasteiger partial charge on any atom is 0.338 e. The second kappa shape index (κ2) is 7.07. The number of esters is 1. The van der Waals surface area contributed by atoms with Crippen LogP contribution in [0.3, 0.4) is 0 Å². The number of hydrogen-bond acceptors (Lipinski definition) is 4. The first-order valence-electron chi connectivity index (χ1n) is 6.50. The number of rotatable bonds is 5. The molecule has 4 nitrogen and oxygen atoms in total. The summed E-state index contributed by atoms with van der Waals surface area (Å²) in [6, 6.07) is 6.43. The molecule has 20 heavy (non-hydrogen) atoms. The van der Waals surface area contributed by atoms with Crippen LogP contribution in [-0.2, 0) is 4.74 Å². The van der Waals surface area contributed by atoms with Gasteiger partial charge in [0.2, 0.25) is 0 Å². The predicted octanol–water partition coefficient (Wildman–Crippen LogP) is 2.67. The second-order valence-corrected chi connectivity index (χ2v) is 6.00. The zero-order valence-electron chi connectivity index (χ0n) is 12.0. The minimum absolute atomic E-state index is 0.254. The van der Waals surface area contributed by atoms with Crippen LogP contribution in [0.15, 0.2) is 24.3 Å². The Morgan fingerprint density at radius 2 is 2.00 bits per heavy atom. The van der Waals surface area contributed by atoms with Crippen LogP contribution in [0.5, 0.6) is 0 Å². The van der Waals surface area contributed by atoms with Crippen LogP contribution in [0.1, 0.15) is 49.2 Å². The number of halogens is 1. The summed E-state index contributed by atoms with van der Waals surface area (Å²) in [5.74, 6) is -0.206. The van der Waals surface area contributed by atoms with Gasteiger partial charge in [-0.1, -0.05) is 12.1 Å². The van der Waals surface area contributed by atoms with Crippen molar-refractivity contribution >= 4 is 17.6 Å². The van der Waals surface area contributed by atoms with Crippen molar-refractivity contribution in [1.82, 2.24) is 0 Å². The number of carbonyl (C=O) groups is 1. The number of hydrogen-bond donors (Lipinski definition) is 2. The first-order valence-corrected chi connectivity index (χ1v) is 7.03. The Morgan fingerprint density at radius 1 is 1.35 bits per heavy atom. The zero-order chi connectivity index (χ0) is 15.3. The standard InChI is InChI=1S/C15H21ClO4/c1-15(2,3)20-14(19)11-6-4-5-10(9-11)13(18)12(17)7-8-16/h4-6,9,12-13,17-18H,7-8H2,1-3H3. The summed E-state index contributed by atoms with van der Waals surface area (Å²) >= 11 is 5.54. The van der Waals surface area contributed by atoms with Gasteiger partial charge < -0.3 is 14.9 Å². The summed E-state index contributed by atoms with van der Waals surface area (Å²) < 4.78 is 5.26. The third-order valence-electron chi connectivity index (χ3n) is 2.63. The molecule has 1 aromatic carbocycles. The smallest absolute Gasteiger partial charge is 0.338 e. The van der Waals surface area contributed by atoms with Gasteiger partial charge in [0.1, 0.15) is 11.7 Å². The summed E-state index contributed by atoms with van der Waals surface area (Å²) in [7, 11) is 0. The maximum atomic E-state index is 11.9. The molecule has 0 aliphatic heterocycles. The monoisotopic (exact) mass is 300 g/mol. The molecule has 0 bridgehead atoms. The zero-order valence-corrected chi connectivity index (χ0v) is 12.7. The van der Waals surface area contributed by atoms with Crippen LogP contribution in [0, 0.1) is 0 Å². The topological polar surface area (TPSA) is 66.8 Å². The van der Waals surface area contributed by atoms with Crippen LogP contribution >= 0.6 is 11.6 Å². The Bertz CT molecular complexity index is 453. The van der Waals surface area contributed by atoms with Crippen molar-refractivity contribution in [3.8, 4) is 0 Å². The lowest BCUT2D eigenvalue weighted by molar-refractivity contribution is 0.00651. The summed E-state index contributed by atoms with van der Waals surface area (Å²) in [5.41, 5.74) is 0.227. The molecular formula is C15H21ClO4. The van der Waals surface area contributed by atoms with Crippen molar-refractivity contribution < 1.29 is 19.7 Å². The highest BCUT2D eigenvalue weighted by atomic mass is 35.5. The average Bonchev–Trinajstić information content (AvgIpc) is 2.36. The van der Waals surface area contributed by atoms with E-state index in [2.05, 4.69) is 0 Å². The van der Waals surface area contributed by atoms with E-state index in [4.69, 9.17) is 16.3 Å². The fourth-order valence-electron chi connectivity index (χ4n) is 1.68. The molecule has 0 spiro atoms. The number of carbonyl (C=O) groups excluding carboxylic acids is 1.